The fraction of sp³-hybridized carbons (Fsp3) is 0.179. The molecule has 0 bridgehead atoms. The molecule has 0 radical (unpaired) electrons. The SMILES string of the molecule is CCNC(=O)C[C@@H]1N=C(c2ccc(Cl)cc2)c2cc(-c3ccc(C=O)cc3)ccc2-n2c(C)nnc21. The van der Waals surface area contributed by atoms with Gasteiger partial charge in [-0.05, 0) is 49.2 Å². The summed E-state index contributed by atoms with van der Waals surface area (Å²) in [5.74, 6) is 1.23. The fourth-order valence-electron chi connectivity index (χ4n) is 4.45. The van der Waals surface area contributed by atoms with Gasteiger partial charge in [-0.1, -0.05) is 54.1 Å². The number of nitrogens with one attached hydrogen (secondary N) is 1. The Bertz CT molecular complexity index is 1470. The molecule has 3 aromatic carbocycles. The van der Waals surface area contributed by atoms with Crippen molar-refractivity contribution in [2.45, 2.75) is 26.3 Å². The molecule has 0 saturated heterocycles. The van der Waals surface area contributed by atoms with Crippen LogP contribution >= 0.6 is 11.6 Å². The van der Waals surface area contributed by atoms with Gasteiger partial charge in [-0.25, -0.2) is 0 Å². The third-order valence-electron chi connectivity index (χ3n) is 6.18. The molecule has 0 saturated carbocycles. The van der Waals surface area contributed by atoms with Gasteiger partial charge in [0.25, 0.3) is 0 Å². The molecule has 1 aromatic heterocycles. The number of rotatable bonds is 6. The van der Waals surface area contributed by atoms with Crippen LogP contribution in [-0.2, 0) is 4.79 Å². The number of aromatic nitrogens is 3. The maximum atomic E-state index is 12.6. The molecule has 4 aromatic rings. The van der Waals surface area contributed by atoms with Crippen LogP contribution in [0.4, 0.5) is 0 Å². The van der Waals surface area contributed by atoms with Gasteiger partial charge in [0.2, 0.25) is 5.91 Å². The number of carbonyl (C=O) groups is 2. The lowest BCUT2D eigenvalue weighted by molar-refractivity contribution is -0.121. The van der Waals surface area contributed by atoms with Gasteiger partial charge < -0.3 is 5.32 Å². The highest BCUT2D eigenvalue weighted by Crippen LogP contribution is 2.35. The monoisotopic (exact) mass is 497 g/mol. The quantitative estimate of drug-likeness (QED) is 0.374. The Labute approximate surface area is 213 Å². The van der Waals surface area contributed by atoms with Gasteiger partial charge in [-0.3, -0.25) is 19.1 Å². The van der Waals surface area contributed by atoms with Crippen molar-refractivity contribution in [2.75, 3.05) is 6.54 Å². The highest BCUT2D eigenvalue weighted by atomic mass is 35.5. The zero-order chi connectivity index (χ0) is 25.2. The van der Waals surface area contributed by atoms with E-state index in [-0.39, 0.29) is 12.3 Å². The van der Waals surface area contributed by atoms with E-state index in [0.29, 0.717) is 28.8 Å². The molecule has 0 aliphatic carbocycles. The summed E-state index contributed by atoms with van der Waals surface area (Å²) < 4.78 is 1.98. The molecule has 180 valence electrons. The van der Waals surface area contributed by atoms with Crippen LogP contribution in [0.3, 0.4) is 0 Å². The van der Waals surface area contributed by atoms with Crippen LogP contribution in [0.1, 0.15) is 52.5 Å². The number of carbonyl (C=O) groups excluding carboxylic acids is 2. The van der Waals surface area contributed by atoms with Crippen molar-refractivity contribution >= 4 is 29.5 Å². The average molecular weight is 498 g/mol. The molecule has 1 aliphatic heterocycles. The Morgan fingerprint density at radius 2 is 1.69 bits per heavy atom. The van der Waals surface area contributed by atoms with Crippen LogP contribution < -0.4 is 5.32 Å². The first-order chi connectivity index (χ1) is 17.5. The number of aliphatic imine (C=N–C) groups is 1. The third-order valence-corrected chi connectivity index (χ3v) is 6.43. The molecule has 1 aliphatic rings. The van der Waals surface area contributed by atoms with Gasteiger partial charge in [0.1, 0.15) is 18.2 Å². The summed E-state index contributed by atoms with van der Waals surface area (Å²) in [5.41, 5.74) is 5.96. The summed E-state index contributed by atoms with van der Waals surface area (Å²) in [6.45, 7) is 4.32. The van der Waals surface area contributed by atoms with E-state index in [1.807, 2.05) is 66.9 Å². The first-order valence-corrected chi connectivity index (χ1v) is 12.1. The number of hydrogen-bond acceptors (Lipinski definition) is 5. The normalized spacial score (nSPS) is 14.3. The molecule has 36 heavy (non-hydrogen) atoms. The molecule has 1 amide bonds. The van der Waals surface area contributed by atoms with E-state index in [9.17, 15) is 9.59 Å². The van der Waals surface area contributed by atoms with Crippen molar-refractivity contribution in [2.24, 2.45) is 4.99 Å². The zero-order valence-electron chi connectivity index (χ0n) is 19.9. The smallest absolute Gasteiger partial charge is 0.222 e. The summed E-state index contributed by atoms with van der Waals surface area (Å²) in [4.78, 5) is 28.8. The van der Waals surface area contributed by atoms with Crippen molar-refractivity contribution in [3.05, 3.63) is 100 Å². The van der Waals surface area contributed by atoms with Crippen molar-refractivity contribution in [1.29, 1.82) is 0 Å². The van der Waals surface area contributed by atoms with E-state index in [4.69, 9.17) is 16.6 Å². The van der Waals surface area contributed by atoms with Crippen molar-refractivity contribution < 1.29 is 9.59 Å². The lowest BCUT2D eigenvalue weighted by atomic mass is 9.95. The first kappa shape index (κ1) is 23.6. The van der Waals surface area contributed by atoms with Gasteiger partial charge >= 0.3 is 0 Å². The molecule has 0 spiro atoms. The minimum Gasteiger partial charge on any atom is -0.356 e. The predicted molar refractivity (Wildman–Crippen MR) is 140 cm³/mol. The molecule has 2 heterocycles. The fourth-order valence-corrected chi connectivity index (χ4v) is 4.58. The Morgan fingerprint density at radius 3 is 2.39 bits per heavy atom. The van der Waals surface area contributed by atoms with Crippen LogP contribution in [-0.4, -0.2) is 39.2 Å². The Balaban J connectivity index is 1.73. The van der Waals surface area contributed by atoms with Crippen LogP contribution in [0.25, 0.3) is 16.8 Å². The zero-order valence-corrected chi connectivity index (χ0v) is 20.7. The molecule has 1 atom stereocenters. The number of amides is 1. The van der Waals surface area contributed by atoms with E-state index in [1.165, 1.54) is 0 Å². The van der Waals surface area contributed by atoms with Gasteiger partial charge in [-0.2, -0.15) is 0 Å². The Morgan fingerprint density at radius 1 is 1.00 bits per heavy atom. The van der Waals surface area contributed by atoms with Crippen molar-refractivity contribution in [3.63, 3.8) is 0 Å². The van der Waals surface area contributed by atoms with Crippen LogP contribution in [0.2, 0.25) is 5.02 Å². The highest BCUT2D eigenvalue weighted by molar-refractivity contribution is 6.30. The molecule has 8 heteroatoms. The van der Waals surface area contributed by atoms with Crippen molar-refractivity contribution in [3.8, 4) is 16.8 Å². The Kier molecular flexibility index (Phi) is 6.48. The largest absolute Gasteiger partial charge is 0.356 e. The summed E-state index contributed by atoms with van der Waals surface area (Å²) in [6, 6.07) is 20.6. The highest BCUT2D eigenvalue weighted by Gasteiger charge is 2.29. The van der Waals surface area contributed by atoms with Crippen LogP contribution in [0.5, 0.6) is 0 Å². The number of hydrogen-bond donors (Lipinski definition) is 1. The molecule has 1 N–H and O–H groups in total. The van der Waals surface area contributed by atoms with Gasteiger partial charge in [0.15, 0.2) is 5.82 Å². The number of nitrogens with zero attached hydrogens (tertiary/aromatic N) is 4. The molecular weight excluding hydrogens is 474 g/mol. The second-order valence-corrected chi connectivity index (χ2v) is 9.01. The second-order valence-electron chi connectivity index (χ2n) is 8.57. The van der Waals surface area contributed by atoms with E-state index in [2.05, 4.69) is 21.6 Å². The van der Waals surface area contributed by atoms with Gasteiger partial charge in [-0.15, -0.1) is 10.2 Å². The lowest BCUT2D eigenvalue weighted by Gasteiger charge is -2.15. The Hall–Kier alpha value is -4.10. The van der Waals surface area contributed by atoms with Gasteiger partial charge in [0.05, 0.1) is 17.8 Å². The first-order valence-electron chi connectivity index (χ1n) is 11.7. The minimum atomic E-state index is -0.522. The topological polar surface area (TPSA) is 89.2 Å². The van der Waals surface area contributed by atoms with E-state index >= 15 is 0 Å². The van der Waals surface area contributed by atoms with Gasteiger partial charge in [0, 0.05) is 28.3 Å². The van der Waals surface area contributed by atoms with E-state index in [1.54, 1.807) is 12.1 Å². The van der Waals surface area contributed by atoms with E-state index in [0.717, 1.165) is 39.9 Å². The summed E-state index contributed by atoms with van der Waals surface area (Å²) in [7, 11) is 0. The molecule has 7 nitrogen and oxygen atoms in total. The predicted octanol–water partition coefficient (Wildman–Crippen LogP) is 5.13. The summed E-state index contributed by atoms with van der Waals surface area (Å²) in [5, 5.41) is 12.2. The molecule has 0 unspecified atom stereocenters. The average Bonchev–Trinajstić information content (AvgIpc) is 3.21. The second kappa shape index (κ2) is 9.87. The van der Waals surface area contributed by atoms with Crippen molar-refractivity contribution in [1.82, 2.24) is 20.1 Å². The third kappa shape index (κ3) is 4.45. The standard InChI is InChI=1S/C28H24ClN5O2/c1-3-30-26(36)15-24-28-33-32-17(2)34(28)25-13-10-21(19-6-4-18(16-35)5-7-19)14-23(25)27(31-24)20-8-11-22(29)12-9-20/h4-14,16,24H,3,15H2,1-2H3,(H,30,36)/t24-/m0/s1. The molecule has 0 fully saturated rings. The molecule has 5 rings (SSSR count). The maximum Gasteiger partial charge on any atom is 0.222 e. The van der Waals surface area contributed by atoms with E-state index < -0.39 is 6.04 Å². The van der Waals surface area contributed by atoms with Crippen LogP contribution in [0, 0.1) is 6.92 Å². The number of benzene rings is 3. The summed E-state index contributed by atoms with van der Waals surface area (Å²) in [6.07, 6.45) is 0.981. The number of halogens is 1. The molecular formula is C28H24ClN5O2. The number of aryl methyl sites for hydroxylation is 1. The number of aldehydes is 1. The summed E-state index contributed by atoms with van der Waals surface area (Å²) >= 11 is 6.18. The maximum absolute atomic E-state index is 12.6. The number of fused-ring (bicyclic) bond motifs is 3. The van der Waals surface area contributed by atoms with Crippen LogP contribution in [0.15, 0.2) is 71.7 Å². The minimum absolute atomic E-state index is 0.101. The lowest BCUT2D eigenvalue weighted by Crippen LogP contribution is -2.25.